The summed E-state index contributed by atoms with van der Waals surface area (Å²) in [5.41, 5.74) is 3.74. The van der Waals surface area contributed by atoms with Gasteiger partial charge in [-0.2, -0.15) is 0 Å². The smallest absolute Gasteiger partial charge is 0.318 e. The molecule has 126 valence electrons. The highest BCUT2D eigenvalue weighted by Crippen LogP contribution is 2.37. The molecule has 2 aliphatic rings. The van der Waals surface area contributed by atoms with Crippen molar-refractivity contribution in [3.05, 3.63) is 53.3 Å². The summed E-state index contributed by atoms with van der Waals surface area (Å²) < 4.78 is 2.24. The molecule has 4 nitrogen and oxygen atoms in total. The van der Waals surface area contributed by atoms with Gasteiger partial charge in [-0.1, -0.05) is 17.7 Å². The van der Waals surface area contributed by atoms with Gasteiger partial charge < -0.3 is 14.8 Å². The molecule has 24 heavy (non-hydrogen) atoms. The Morgan fingerprint density at radius 3 is 3.04 bits per heavy atom. The summed E-state index contributed by atoms with van der Waals surface area (Å²) in [6, 6.07) is 11.0. The van der Waals surface area contributed by atoms with Gasteiger partial charge >= 0.3 is 6.03 Å². The summed E-state index contributed by atoms with van der Waals surface area (Å²) in [4.78, 5) is 16.2. The van der Waals surface area contributed by atoms with Crippen molar-refractivity contribution in [2.24, 2.45) is 0 Å². The molecule has 1 aromatic heterocycles. The molecule has 2 amide bonds. The third kappa shape index (κ3) is 2.71. The van der Waals surface area contributed by atoms with Crippen molar-refractivity contribution in [1.82, 2.24) is 14.8 Å². The Morgan fingerprint density at radius 1 is 1.29 bits per heavy atom. The molecule has 0 saturated heterocycles. The quantitative estimate of drug-likeness (QED) is 0.847. The van der Waals surface area contributed by atoms with Crippen LogP contribution in [0.4, 0.5) is 4.79 Å². The largest absolute Gasteiger partial charge is 0.348 e. The molecular formula is C19H23N3OS. The number of urea groups is 1. The standard InChI is InChI=1S/C19H23N3OS/c1-13-5-6-18-15(12-13)16(7-11-24-18)20-19(23)22-10-9-21-8-3-4-17(21)14(22)2/h3-6,8,12,14,16H,7,9-11H2,1-2H3,(H,20,23)/t14-,16-/m0/s1. The van der Waals surface area contributed by atoms with Gasteiger partial charge in [0.1, 0.15) is 0 Å². The highest BCUT2D eigenvalue weighted by molar-refractivity contribution is 7.99. The molecule has 2 aliphatic heterocycles. The SMILES string of the molecule is Cc1ccc2c(c1)[C@@H](NC(=O)N1CCn3cccc3[C@@H]1C)CCS2. The third-order valence-corrected chi connectivity index (χ3v) is 6.23. The molecule has 1 N–H and O–H groups in total. The summed E-state index contributed by atoms with van der Waals surface area (Å²) >= 11 is 1.89. The molecule has 0 unspecified atom stereocenters. The Hall–Kier alpha value is -1.88. The van der Waals surface area contributed by atoms with Crippen LogP contribution in [0.2, 0.25) is 0 Å². The van der Waals surface area contributed by atoms with Crippen LogP contribution in [-0.2, 0) is 6.54 Å². The number of hydrogen-bond donors (Lipinski definition) is 1. The molecule has 3 heterocycles. The number of hydrogen-bond acceptors (Lipinski definition) is 2. The topological polar surface area (TPSA) is 37.3 Å². The predicted octanol–water partition coefficient (Wildman–Crippen LogP) is 4.12. The van der Waals surface area contributed by atoms with E-state index in [0.717, 1.165) is 25.3 Å². The van der Waals surface area contributed by atoms with Crippen molar-refractivity contribution in [1.29, 1.82) is 0 Å². The first-order valence-corrected chi connectivity index (χ1v) is 9.57. The van der Waals surface area contributed by atoms with E-state index in [2.05, 4.69) is 60.3 Å². The number of carbonyl (C=O) groups excluding carboxylic acids is 1. The van der Waals surface area contributed by atoms with E-state index in [1.165, 1.54) is 21.7 Å². The Labute approximate surface area is 147 Å². The lowest BCUT2D eigenvalue weighted by Crippen LogP contribution is -2.47. The maximum Gasteiger partial charge on any atom is 0.318 e. The minimum atomic E-state index is 0.0549. The molecule has 0 fully saturated rings. The monoisotopic (exact) mass is 341 g/mol. The third-order valence-electron chi connectivity index (χ3n) is 5.11. The van der Waals surface area contributed by atoms with Crippen molar-refractivity contribution in [3.63, 3.8) is 0 Å². The Balaban J connectivity index is 1.53. The molecule has 0 bridgehead atoms. The average Bonchev–Trinajstić information content (AvgIpc) is 3.05. The summed E-state index contributed by atoms with van der Waals surface area (Å²) in [5, 5.41) is 3.29. The number of aryl methyl sites for hydroxylation is 1. The van der Waals surface area contributed by atoms with E-state index >= 15 is 0 Å². The van der Waals surface area contributed by atoms with E-state index < -0.39 is 0 Å². The second kappa shape index (κ2) is 6.20. The van der Waals surface area contributed by atoms with Crippen LogP contribution in [0.25, 0.3) is 0 Å². The molecular weight excluding hydrogens is 318 g/mol. The van der Waals surface area contributed by atoms with Gasteiger partial charge in [-0.05, 0) is 44.0 Å². The number of nitrogens with one attached hydrogen (secondary N) is 1. The lowest BCUT2D eigenvalue weighted by molar-refractivity contribution is 0.158. The van der Waals surface area contributed by atoms with E-state index in [0.29, 0.717) is 0 Å². The first kappa shape index (κ1) is 15.6. The van der Waals surface area contributed by atoms with E-state index in [1.54, 1.807) is 0 Å². The number of amides is 2. The van der Waals surface area contributed by atoms with Gasteiger partial charge in [-0.25, -0.2) is 4.79 Å². The van der Waals surface area contributed by atoms with Gasteiger partial charge in [0, 0.05) is 35.6 Å². The Bertz CT molecular complexity index is 770. The molecule has 0 radical (unpaired) electrons. The zero-order chi connectivity index (χ0) is 16.7. The fourth-order valence-electron chi connectivity index (χ4n) is 3.75. The molecule has 0 aliphatic carbocycles. The number of thioether (sulfide) groups is 1. The maximum absolute atomic E-state index is 12.9. The van der Waals surface area contributed by atoms with Gasteiger partial charge in [0.15, 0.2) is 0 Å². The fourth-order valence-corrected chi connectivity index (χ4v) is 4.86. The zero-order valence-electron chi connectivity index (χ0n) is 14.2. The second-order valence-electron chi connectivity index (χ2n) is 6.68. The van der Waals surface area contributed by atoms with Crippen molar-refractivity contribution in [2.75, 3.05) is 12.3 Å². The summed E-state index contributed by atoms with van der Waals surface area (Å²) in [6.45, 7) is 5.85. The molecule has 4 rings (SSSR count). The summed E-state index contributed by atoms with van der Waals surface area (Å²) in [6.07, 6.45) is 3.09. The van der Waals surface area contributed by atoms with Crippen LogP contribution < -0.4 is 5.32 Å². The Kier molecular flexibility index (Phi) is 4.04. The summed E-state index contributed by atoms with van der Waals surface area (Å²) in [5.74, 6) is 1.05. The van der Waals surface area contributed by atoms with Crippen LogP contribution in [-0.4, -0.2) is 27.8 Å². The van der Waals surface area contributed by atoms with Crippen LogP contribution in [0.3, 0.4) is 0 Å². The first-order valence-electron chi connectivity index (χ1n) is 8.59. The first-order chi connectivity index (χ1) is 11.6. The number of benzene rings is 1. The lowest BCUT2D eigenvalue weighted by atomic mass is 10.0. The van der Waals surface area contributed by atoms with Gasteiger partial charge in [-0.15, -0.1) is 11.8 Å². The normalized spacial score (nSPS) is 22.7. The molecule has 2 atom stereocenters. The highest BCUT2D eigenvalue weighted by Gasteiger charge is 2.30. The van der Waals surface area contributed by atoms with Crippen LogP contribution in [0.1, 0.15) is 42.2 Å². The minimum absolute atomic E-state index is 0.0549. The van der Waals surface area contributed by atoms with Gasteiger partial charge in [0.2, 0.25) is 0 Å². The molecule has 2 aromatic rings. The number of rotatable bonds is 1. The number of fused-ring (bicyclic) bond motifs is 2. The molecule has 0 spiro atoms. The van der Waals surface area contributed by atoms with Crippen molar-refractivity contribution in [3.8, 4) is 0 Å². The van der Waals surface area contributed by atoms with E-state index in [1.807, 2.05) is 16.7 Å². The highest BCUT2D eigenvalue weighted by atomic mass is 32.2. The van der Waals surface area contributed by atoms with Crippen LogP contribution in [0.15, 0.2) is 41.4 Å². The number of aromatic nitrogens is 1. The zero-order valence-corrected chi connectivity index (χ0v) is 15.0. The lowest BCUT2D eigenvalue weighted by Gasteiger charge is -2.36. The van der Waals surface area contributed by atoms with Crippen LogP contribution in [0.5, 0.6) is 0 Å². The minimum Gasteiger partial charge on any atom is -0.348 e. The fraction of sp³-hybridized carbons (Fsp3) is 0.421. The average molecular weight is 341 g/mol. The molecule has 0 saturated carbocycles. The summed E-state index contributed by atoms with van der Waals surface area (Å²) in [7, 11) is 0. The van der Waals surface area contributed by atoms with Crippen LogP contribution in [0, 0.1) is 6.92 Å². The van der Waals surface area contributed by atoms with Crippen molar-refractivity contribution < 1.29 is 4.79 Å². The predicted molar refractivity (Wildman–Crippen MR) is 97.3 cm³/mol. The van der Waals surface area contributed by atoms with Gasteiger partial charge in [-0.3, -0.25) is 0 Å². The maximum atomic E-state index is 12.9. The number of nitrogens with zero attached hydrogens (tertiary/aromatic N) is 2. The number of carbonyl (C=O) groups is 1. The van der Waals surface area contributed by atoms with E-state index in [4.69, 9.17) is 0 Å². The van der Waals surface area contributed by atoms with E-state index in [9.17, 15) is 4.79 Å². The van der Waals surface area contributed by atoms with Gasteiger partial charge in [0.25, 0.3) is 0 Å². The Morgan fingerprint density at radius 2 is 2.17 bits per heavy atom. The second-order valence-corrected chi connectivity index (χ2v) is 7.81. The van der Waals surface area contributed by atoms with Crippen molar-refractivity contribution in [2.45, 2.75) is 43.8 Å². The van der Waals surface area contributed by atoms with Crippen LogP contribution >= 0.6 is 11.8 Å². The van der Waals surface area contributed by atoms with E-state index in [-0.39, 0.29) is 18.1 Å². The molecule has 1 aromatic carbocycles. The van der Waals surface area contributed by atoms with Gasteiger partial charge in [0.05, 0.1) is 12.1 Å². The van der Waals surface area contributed by atoms with Crippen molar-refractivity contribution >= 4 is 17.8 Å². The molecule has 5 heteroatoms.